The topological polar surface area (TPSA) is 64.7 Å². The van der Waals surface area contributed by atoms with Gasteiger partial charge >= 0.3 is 0 Å². The summed E-state index contributed by atoms with van der Waals surface area (Å²) in [5.74, 6) is 1.84. The fourth-order valence-corrected chi connectivity index (χ4v) is 6.09. The molecule has 3 heterocycles. The minimum absolute atomic E-state index is 0.594. The van der Waals surface area contributed by atoms with E-state index in [4.69, 9.17) is 19.4 Å². The van der Waals surface area contributed by atoms with Gasteiger partial charge in [0.25, 0.3) is 0 Å². The molecule has 9 aromatic rings. The monoisotopic (exact) mass is 550 g/mol. The Balaban J connectivity index is 1.32. The van der Waals surface area contributed by atoms with E-state index < -0.39 is 0 Å². The third-order valence-electron chi connectivity index (χ3n) is 8.15. The van der Waals surface area contributed by atoms with Gasteiger partial charge in [-0.1, -0.05) is 103 Å². The summed E-state index contributed by atoms with van der Waals surface area (Å²) >= 11 is 0. The van der Waals surface area contributed by atoms with Crippen molar-refractivity contribution in [3.8, 4) is 34.2 Å². The summed E-state index contributed by atoms with van der Waals surface area (Å²) in [6.45, 7) is 0. The molecule has 0 saturated heterocycles. The van der Waals surface area contributed by atoms with E-state index in [-0.39, 0.29) is 0 Å². The van der Waals surface area contributed by atoms with Crippen LogP contribution in [0.15, 0.2) is 138 Å². The molecule has 0 radical (unpaired) electrons. The van der Waals surface area contributed by atoms with E-state index >= 15 is 0 Å². The number of benzene rings is 6. The maximum Gasteiger partial charge on any atom is 0.164 e. The van der Waals surface area contributed by atoms with E-state index in [1.165, 1.54) is 21.5 Å². The highest BCUT2D eigenvalue weighted by Gasteiger charge is 2.19. The van der Waals surface area contributed by atoms with Gasteiger partial charge in [-0.2, -0.15) is 0 Å². The number of nitrogens with zero attached hydrogens (tertiary/aromatic N) is 4. The minimum Gasteiger partial charge on any atom is -0.454 e. The molecule has 0 unspecified atom stereocenters. The largest absolute Gasteiger partial charge is 0.454 e. The van der Waals surface area contributed by atoms with Gasteiger partial charge in [-0.25, -0.2) is 15.0 Å². The van der Waals surface area contributed by atoms with Gasteiger partial charge in [-0.05, 0) is 45.8 Å². The smallest absolute Gasteiger partial charge is 0.164 e. The molecule has 5 nitrogen and oxygen atoms in total. The van der Waals surface area contributed by atoms with Crippen molar-refractivity contribution in [1.82, 2.24) is 19.9 Å². The van der Waals surface area contributed by atoms with Gasteiger partial charge in [0.05, 0.1) is 0 Å². The zero-order valence-corrected chi connectivity index (χ0v) is 22.9. The Morgan fingerprint density at radius 1 is 0.465 bits per heavy atom. The first-order valence-corrected chi connectivity index (χ1v) is 14.2. The quantitative estimate of drug-likeness (QED) is 0.205. The first kappa shape index (κ1) is 23.7. The number of fused-ring (bicyclic) bond motifs is 8. The fourth-order valence-electron chi connectivity index (χ4n) is 6.09. The molecule has 0 atom stereocenters. The normalized spacial score (nSPS) is 11.7. The number of furan rings is 1. The van der Waals surface area contributed by atoms with Crippen molar-refractivity contribution in [2.45, 2.75) is 0 Å². The Morgan fingerprint density at radius 2 is 1.19 bits per heavy atom. The van der Waals surface area contributed by atoms with Crippen molar-refractivity contribution in [2.75, 3.05) is 0 Å². The predicted molar refractivity (Wildman–Crippen MR) is 174 cm³/mol. The second kappa shape index (κ2) is 9.29. The van der Waals surface area contributed by atoms with Crippen molar-refractivity contribution in [3.63, 3.8) is 0 Å². The van der Waals surface area contributed by atoms with Crippen LogP contribution in [-0.4, -0.2) is 19.9 Å². The SMILES string of the molecule is c1ccc(-c2nc(-c3ccc4ccc5ccccc5c4c3)nc(-c3cccc4oc5c(ccc6cccnc65)c34)n2)cc1. The molecule has 0 bridgehead atoms. The standard InChI is InChI=1S/C38H22N4O/c1-2-9-26(10-3-1)36-40-37(27-18-17-24-16-15-23-8-4-5-12-28(23)31(24)22-27)42-38(41-36)30-13-6-14-32-33(30)29-20-19-25-11-7-21-39-34(25)35(29)43-32/h1-22H. The van der Waals surface area contributed by atoms with Crippen LogP contribution in [0, 0.1) is 0 Å². The zero-order valence-electron chi connectivity index (χ0n) is 22.9. The summed E-state index contributed by atoms with van der Waals surface area (Å²) in [5, 5.41) is 7.73. The molecule has 0 saturated carbocycles. The molecule has 0 spiro atoms. The third kappa shape index (κ3) is 3.79. The molecule has 0 aliphatic carbocycles. The van der Waals surface area contributed by atoms with E-state index in [2.05, 4.69) is 77.8 Å². The molecular weight excluding hydrogens is 528 g/mol. The van der Waals surface area contributed by atoms with Crippen LogP contribution >= 0.6 is 0 Å². The van der Waals surface area contributed by atoms with Crippen LogP contribution in [0.4, 0.5) is 0 Å². The van der Waals surface area contributed by atoms with Crippen LogP contribution in [0.5, 0.6) is 0 Å². The Labute approximate surface area is 246 Å². The lowest BCUT2D eigenvalue weighted by Gasteiger charge is -2.10. The highest BCUT2D eigenvalue weighted by atomic mass is 16.3. The molecule has 0 aliphatic heterocycles. The predicted octanol–water partition coefficient (Wildman–Crippen LogP) is 9.63. The molecule has 9 rings (SSSR count). The van der Waals surface area contributed by atoms with Crippen LogP contribution in [-0.2, 0) is 0 Å². The van der Waals surface area contributed by atoms with E-state index in [0.717, 1.165) is 49.5 Å². The Bertz CT molecular complexity index is 2520. The van der Waals surface area contributed by atoms with Gasteiger partial charge < -0.3 is 4.42 Å². The molecular formula is C38H22N4O. The lowest BCUT2D eigenvalue weighted by atomic mass is 9.99. The van der Waals surface area contributed by atoms with Crippen molar-refractivity contribution in [2.24, 2.45) is 0 Å². The Hall–Kier alpha value is -5.94. The molecule has 0 amide bonds. The molecule has 6 aromatic carbocycles. The second-order valence-electron chi connectivity index (χ2n) is 10.7. The first-order chi connectivity index (χ1) is 21.3. The average molecular weight is 551 g/mol. The fraction of sp³-hybridized carbons (Fsp3) is 0. The number of hydrogen-bond acceptors (Lipinski definition) is 5. The third-order valence-corrected chi connectivity index (χ3v) is 8.15. The van der Waals surface area contributed by atoms with Gasteiger partial charge in [0.2, 0.25) is 0 Å². The summed E-state index contributed by atoms with van der Waals surface area (Å²) in [4.78, 5) is 19.8. The summed E-state index contributed by atoms with van der Waals surface area (Å²) in [6.07, 6.45) is 1.80. The maximum atomic E-state index is 6.41. The van der Waals surface area contributed by atoms with Crippen molar-refractivity contribution in [1.29, 1.82) is 0 Å². The number of hydrogen-bond donors (Lipinski definition) is 0. The average Bonchev–Trinajstić information content (AvgIpc) is 3.48. The van der Waals surface area contributed by atoms with Crippen molar-refractivity contribution < 1.29 is 4.42 Å². The lowest BCUT2D eigenvalue weighted by Crippen LogP contribution is -2.00. The van der Waals surface area contributed by atoms with E-state index in [1.807, 2.05) is 54.6 Å². The van der Waals surface area contributed by atoms with E-state index in [9.17, 15) is 0 Å². The van der Waals surface area contributed by atoms with Crippen LogP contribution in [0.25, 0.3) is 88.5 Å². The highest BCUT2D eigenvalue weighted by molar-refractivity contribution is 6.17. The van der Waals surface area contributed by atoms with Crippen molar-refractivity contribution >= 4 is 54.4 Å². The van der Waals surface area contributed by atoms with E-state index in [1.54, 1.807) is 6.20 Å². The molecule has 0 fully saturated rings. The number of pyridine rings is 1. The highest BCUT2D eigenvalue weighted by Crippen LogP contribution is 2.39. The molecule has 5 heteroatoms. The second-order valence-corrected chi connectivity index (χ2v) is 10.7. The van der Waals surface area contributed by atoms with Crippen LogP contribution in [0.1, 0.15) is 0 Å². The molecule has 43 heavy (non-hydrogen) atoms. The molecule has 3 aromatic heterocycles. The molecule has 0 N–H and O–H groups in total. The van der Waals surface area contributed by atoms with Gasteiger partial charge in [0.1, 0.15) is 11.1 Å². The molecule has 200 valence electrons. The molecule has 0 aliphatic rings. The minimum atomic E-state index is 0.594. The number of rotatable bonds is 3. The lowest BCUT2D eigenvalue weighted by molar-refractivity contribution is 0.671. The van der Waals surface area contributed by atoms with E-state index in [0.29, 0.717) is 17.5 Å². The number of aromatic nitrogens is 4. The van der Waals surface area contributed by atoms with Crippen LogP contribution in [0.3, 0.4) is 0 Å². The van der Waals surface area contributed by atoms with Gasteiger partial charge in [-0.3, -0.25) is 4.98 Å². The van der Waals surface area contributed by atoms with Crippen LogP contribution in [0.2, 0.25) is 0 Å². The summed E-state index contributed by atoms with van der Waals surface area (Å²) in [6, 6.07) is 43.5. The summed E-state index contributed by atoms with van der Waals surface area (Å²) < 4.78 is 6.41. The Morgan fingerprint density at radius 3 is 2.09 bits per heavy atom. The van der Waals surface area contributed by atoms with Gasteiger partial charge in [-0.15, -0.1) is 0 Å². The Kier molecular flexibility index (Phi) is 5.13. The zero-order chi connectivity index (χ0) is 28.3. The van der Waals surface area contributed by atoms with Crippen LogP contribution < -0.4 is 0 Å². The van der Waals surface area contributed by atoms with Gasteiger partial charge in [0.15, 0.2) is 23.1 Å². The van der Waals surface area contributed by atoms with Crippen molar-refractivity contribution in [3.05, 3.63) is 134 Å². The first-order valence-electron chi connectivity index (χ1n) is 14.2. The summed E-state index contributed by atoms with van der Waals surface area (Å²) in [5.41, 5.74) is 5.12. The van der Waals surface area contributed by atoms with Gasteiger partial charge in [0, 0.05) is 39.0 Å². The maximum absolute atomic E-state index is 6.41. The summed E-state index contributed by atoms with van der Waals surface area (Å²) in [7, 11) is 0.